The van der Waals surface area contributed by atoms with E-state index in [0.717, 1.165) is 11.3 Å². The quantitative estimate of drug-likeness (QED) is 0.630. The molecule has 2 amide bonds. The number of amides is 2. The minimum absolute atomic E-state index is 0.0862. The van der Waals surface area contributed by atoms with Crippen LogP contribution in [0.15, 0.2) is 66.0 Å². The second-order valence-electron chi connectivity index (χ2n) is 6.59. The van der Waals surface area contributed by atoms with Gasteiger partial charge in [0.2, 0.25) is 0 Å². The Morgan fingerprint density at radius 3 is 2.41 bits per heavy atom. The molecule has 0 aliphatic rings. The molecule has 1 heterocycles. The number of anilines is 1. The Morgan fingerprint density at radius 2 is 1.74 bits per heavy atom. The third kappa shape index (κ3) is 5.05. The van der Waals surface area contributed by atoms with Gasteiger partial charge in [-0.15, -0.1) is 11.3 Å². The van der Waals surface area contributed by atoms with Crippen LogP contribution in [-0.2, 0) is 6.54 Å². The minimum Gasteiger partial charge on any atom is -0.347 e. The van der Waals surface area contributed by atoms with Gasteiger partial charge in [0.1, 0.15) is 0 Å². The molecule has 0 saturated heterocycles. The summed E-state index contributed by atoms with van der Waals surface area (Å²) in [5.74, 6) is 0.174. The van der Waals surface area contributed by atoms with E-state index in [0.29, 0.717) is 22.9 Å². The fraction of sp³-hybridized carbons (Fsp3) is 0.182. The van der Waals surface area contributed by atoms with Crippen LogP contribution in [-0.4, -0.2) is 11.8 Å². The summed E-state index contributed by atoms with van der Waals surface area (Å²) in [5.41, 5.74) is 3.50. The first-order valence-corrected chi connectivity index (χ1v) is 9.73. The van der Waals surface area contributed by atoms with Crippen molar-refractivity contribution in [3.8, 4) is 0 Å². The standard InChI is InChI=1S/C22H22N2O2S/c1-15(2)18-5-3-6-19(13-18)24-21(25)17-10-8-16(9-11-17)14-23-22(26)20-7-4-12-27-20/h3-13,15H,14H2,1-2H3,(H,23,26)(H,24,25). The van der Waals surface area contributed by atoms with Crippen LogP contribution in [0.3, 0.4) is 0 Å². The summed E-state index contributed by atoms with van der Waals surface area (Å²) in [6.45, 7) is 4.67. The van der Waals surface area contributed by atoms with Gasteiger partial charge in [-0.2, -0.15) is 0 Å². The van der Waals surface area contributed by atoms with Crippen molar-refractivity contribution in [1.82, 2.24) is 5.32 Å². The normalized spacial score (nSPS) is 10.6. The molecular formula is C22H22N2O2S. The Balaban J connectivity index is 1.58. The molecule has 1 aromatic heterocycles. The van der Waals surface area contributed by atoms with Gasteiger partial charge in [0.15, 0.2) is 0 Å². The van der Waals surface area contributed by atoms with E-state index in [1.54, 1.807) is 18.2 Å². The number of rotatable bonds is 6. The van der Waals surface area contributed by atoms with Crippen LogP contribution in [0.25, 0.3) is 0 Å². The fourth-order valence-corrected chi connectivity index (χ4v) is 3.27. The zero-order valence-corrected chi connectivity index (χ0v) is 16.2. The molecule has 3 aromatic rings. The molecule has 5 heteroatoms. The Morgan fingerprint density at radius 1 is 0.963 bits per heavy atom. The van der Waals surface area contributed by atoms with Gasteiger partial charge < -0.3 is 10.6 Å². The fourth-order valence-electron chi connectivity index (χ4n) is 2.63. The number of nitrogens with one attached hydrogen (secondary N) is 2. The maximum absolute atomic E-state index is 12.4. The number of carbonyl (C=O) groups excluding carboxylic acids is 2. The van der Waals surface area contributed by atoms with Crippen molar-refractivity contribution in [3.05, 3.63) is 87.6 Å². The van der Waals surface area contributed by atoms with E-state index >= 15 is 0 Å². The zero-order chi connectivity index (χ0) is 19.2. The summed E-state index contributed by atoms with van der Waals surface area (Å²) >= 11 is 1.41. The predicted octanol–water partition coefficient (Wildman–Crippen LogP) is 5.05. The molecule has 138 valence electrons. The summed E-state index contributed by atoms with van der Waals surface area (Å²) in [4.78, 5) is 25.1. The van der Waals surface area contributed by atoms with Crippen molar-refractivity contribution in [2.45, 2.75) is 26.3 Å². The van der Waals surface area contributed by atoms with Crippen LogP contribution in [0.5, 0.6) is 0 Å². The van der Waals surface area contributed by atoms with Crippen LogP contribution in [0.2, 0.25) is 0 Å². The van der Waals surface area contributed by atoms with E-state index in [1.165, 1.54) is 16.9 Å². The van der Waals surface area contributed by atoms with Gasteiger partial charge in [-0.25, -0.2) is 0 Å². The van der Waals surface area contributed by atoms with Crippen molar-refractivity contribution >= 4 is 28.8 Å². The van der Waals surface area contributed by atoms with Gasteiger partial charge in [0.25, 0.3) is 11.8 Å². The van der Waals surface area contributed by atoms with Gasteiger partial charge in [-0.05, 0) is 52.8 Å². The molecule has 2 N–H and O–H groups in total. The van der Waals surface area contributed by atoms with Gasteiger partial charge in [0.05, 0.1) is 4.88 Å². The molecule has 3 rings (SSSR count). The third-order valence-corrected chi connectivity index (χ3v) is 5.09. The van der Waals surface area contributed by atoms with Crippen LogP contribution in [0.4, 0.5) is 5.69 Å². The minimum atomic E-state index is -0.148. The average Bonchev–Trinajstić information content (AvgIpc) is 3.21. The second kappa shape index (κ2) is 8.64. The van der Waals surface area contributed by atoms with E-state index in [2.05, 4.69) is 30.5 Å². The van der Waals surface area contributed by atoms with E-state index in [9.17, 15) is 9.59 Å². The van der Waals surface area contributed by atoms with Crippen molar-refractivity contribution in [3.63, 3.8) is 0 Å². The highest BCUT2D eigenvalue weighted by atomic mass is 32.1. The summed E-state index contributed by atoms with van der Waals surface area (Å²) in [5, 5.41) is 7.69. The molecule has 0 unspecified atom stereocenters. The highest BCUT2D eigenvalue weighted by molar-refractivity contribution is 7.12. The first-order valence-electron chi connectivity index (χ1n) is 8.85. The molecule has 27 heavy (non-hydrogen) atoms. The summed E-state index contributed by atoms with van der Waals surface area (Å²) < 4.78 is 0. The molecule has 0 fully saturated rings. The summed E-state index contributed by atoms with van der Waals surface area (Å²) in [6.07, 6.45) is 0. The lowest BCUT2D eigenvalue weighted by molar-refractivity contribution is 0.0953. The van der Waals surface area contributed by atoms with Crippen molar-refractivity contribution in [1.29, 1.82) is 0 Å². The maximum atomic E-state index is 12.4. The molecule has 0 saturated carbocycles. The molecular weight excluding hydrogens is 356 g/mol. The number of hydrogen-bond acceptors (Lipinski definition) is 3. The summed E-state index contributed by atoms with van der Waals surface area (Å²) in [7, 11) is 0. The van der Waals surface area contributed by atoms with Gasteiger partial charge in [-0.1, -0.05) is 44.2 Å². The zero-order valence-electron chi connectivity index (χ0n) is 15.4. The Kier molecular flexibility index (Phi) is 6.04. The molecule has 0 aliphatic carbocycles. The molecule has 0 bridgehead atoms. The molecule has 2 aromatic carbocycles. The van der Waals surface area contributed by atoms with Crippen molar-refractivity contribution < 1.29 is 9.59 Å². The van der Waals surface area contributed by atoms with Gasteiger partial charge in [-0.3, -0.25) is 9.59 Å². The van der Waals surface area contributed by atoms with Crippen LogP contribution in [0.1, 0.15) is 50.9 Å². The Labute approximate surface area is 163 Å². The maximum Gasteiger partial charge on any atom is 0.261 e. The number of benzene rings is 2. The highest BCUT2D eigenvalue weighted by Gasteiger charge is 2.09. The van der Waals surface area contributed by atoms with E-state index in [1.807, 2.05) is 41.8 Å². The Bertz CT molecular complexity index is 916. The summed E-state index contributed by atoms with van der Waals surface area (Å²) in [6, 6.07) is 18.8. The first kappa shape index (κ1) is 18.9. The van der Waals surface area contributed by atoms with Crippen LogP contribution >= 0.6 is 11.3 Å². The number of thiophene rings is 1. The molecule has 0 radical (unpaired) electrons. The first-order chi connectivity index (χ1) is 13.0. The van der Waals surface area contributed by atoms with Crippen LogP contribution < -0.4 is 10.6 Å². The molecule has 0 atom stereocenters. The third-order valence-electron chi connectivity index (χ3n) is 4.23. The predicted molar refractivity (Wildman–Crippen MR) is 110 cm³/mol. The highest BCUT2D eigenvalue weighted by Crippen LogP contribution is 2.19. The van der Waals surface area contributed by atoms with Crippen LogP contribution in [0, 0.1) is 0 Å². The van der Waals surface area contributed by atoms with E-state index in [4.69, 9.17) is 0 Å². The molecule has 4 nitrogen and oxygen atoms in total. The van der Waals surface area contributed by atoms with Crippen molar-refractivity contribution in [2.75, 3.05) is 5.32 Å². The van der Waals surface area contributed by atoms with Crippen molar-refractivity contribution in [2.24, 2.45) is 0 Å². The number of carbonyl (C=O) groups is 2. The van der Waals surface area contributed by atoms with E-state index in [-0.39, 0.29) is 11.8 Å². The average molecular weight is 378 g/mol. The Hall–Kier alpha value is -2.92. The lowest BCUT2D eigenvalue weighted by Gasteiger charge is -2.10. The monoisotopic (exact) mass is 378 g/mol. The second-order valence-corrected chi connectivity index (χ2v) is 7.54. The van der Waals surface area contributed by atoms with Gasteiger partial charge in [0, 0.05) is 17.8 Å². The topological polar surface area (TPSA) is 58.2 Å². The molecule has 0 aliphatic heterocycles. The van der Waals surface area contributed by atoms with E-state index < -0.39 is 0 Å². The van der Waals surface area contributed by atoms with Gasteiger partial charge >= 0.3 is 0 Å². The lowest BCUT2D eigenvalue weighted by atomic mass is 10.0. The molecule has 0 spiro atoms. The SMILES string of the molecule is CC(C)c1cccc(NC(=O)c2ccc(CNC(=O)c3cccs3)cc2)c1. The largest absolute Gasteiger partial charge is 0.347 e. The number of hydrogen-bond donors (Lipinski definition) is 2. The smallest absolute Gasteiger partial charge is 0.261 e. The lowest BCUT2D eigenvalue weighted by Crippen LogP contribution is -2.21.